The number of alkyl halides is 2. The first kappa shape index (κ1) is 13.8. The van der Waals surface area contributed by atoms with Crippen molar-refractivity contribution in [1.29, 1.82) is 0 Å². The summed E-state index contributed by atoms with van der Waals surface area (Å²) in [5, 5.41) is 9.39. The summed E-state index contributed by atoms with van der Waals surface area (Å²) < 4.78 is 50.3. The second-order valence-electron chi connectivity index (χ2n) is 4.09. The first-order valence-corrected chi connectivity index (χ1v) is 6.28. The van der Waals surface area contributed by atoms with Crippen LogP contribution in [0.1, 0.15) is 6.42 Å². The zero-order valence-electron chi connectivity index (χ0n) is 9.18. The average molecular weight is 258 g/mol. The molecule has 0 aliphatic carbocycles. The summed E-state index contributed by atoms with van der Waals surface area (Å²) in [4.78, 5) is 0. The first-order valence-electron chi connectivity index (χ1n) is 4.89. The normalized spacial score (nSPS) is 28.9. The van der Waals surface area contributed by atoms with Gasteiger partial charge in [0.1, 0.15) is 0 Å². The molecule has 1 N–H and O–H groups in total. The minimum absolute atomic E-state index is 0.0584. The van der Waals surface area contributed by atoms with E-state index < -0.39 is 28.7 Å². The molecule has 1 unspecified atom stereocenters. The highest BCUT2D eigenvalue weighted by Gasteiger charge is 2.37. The smallest absolute Gasteiger partial charge is 0.281 e. The molecule has 1 fully saturated rings. The number of aliphatic hydroxyl groups is 1. The van der Waals surface area contributed by atoms with Crippen LogP contribution in [0.4, 0.5) is 8.78 Å². The number of rotatable bonds is 3. The second-order valence-corrected chi connectivity index (χ2v) is 6.23. The van der Waals surface area contributed by atoms with E-state index in [0.717, 1.165) is 8.61 Å². The molecule has 16 heavy (non-hydrogen) atoms. The maximum absolute atomic E-state index is 12.5. The van der Waals surface area contributed by atoms with Crippen LogP contribution in [0.25, 0.3) is 0 Å². The van der Waals surface area contributed by atoms with E-state index >= 15 is 0 Å². The zero-order valence-corrected chi connectivity index (χ0v) is 9.99. The highest BCUT2D eigenvalue weighted by molar-refractivity contribution is 7.86. The molecule has 1 heterocycles. The molecular formula is C8H16F2N2O3S. The van der Waals surface area contributed by atoms with Gasteiger partial charge >= 0.3 is 0 Å². The van der Waals surface area contributed by atoms with Gasteiger partial charge in [-0.05, 0) is 6.42 Å². The van der Waals surface area contributed by atoms with Crippen LogP contribution in [0.3, 0.4) is 0 Å². The van der Waals surface area contributed by atoms with Crippen molar-refractivity contribution >= 4 is 10.2 Å². The quantitative estimate of drug-likeness (QED) is 0.759. The highest BCUT2D eigenvalue weighted by Crippen LogP contribution is 2.25. The van der Waals surface area contributed by atoms with Crippen LogP contribution < -0.4 is 0 Å². The Balaban J connectivity index is 2.83. The molecule has 0 spiro atoms. The fourth-order valence-corrected chi connectivity index (χ4v) is 2.87. The Bertz CT molecular complexity index is 334. The number of hydrogen-bond acceptors (Lipinski definition) is 3. The summed E-state index contributed by atoms with van der Waals surface area (Å²) in [6.45, 7) is -0.362. The van der Waals surface area contributed by atoms with E-state index in [4.69, 9.17) is 0 Å². The Morgan fingerprint density at radius 3 is 2.38 bits per heavy atom. The molecule has 2 atom stereocenters. The molecule has 0 amide bonds. The fourth-order valence-electron chi connectivity index (χ4n) is 1.67. The lowest BCUT2D eigenvalue weighted by atomic mass is 9.98. The van der Waals surface area contributed by atoms with Crippen molar-refractivity contribution < 1.29 is 22.3 Å². The number of β-amino-alcohol motifs (C(OH)–C–C–N with tert-alkyl or cyclic N) is 1. The van der Waals surface area contributed by atoms with Gasteiger partial charge in [-0.15, -0.1) is 0 Å². The van der Waals surface area contributed by atoms with Crippen LogP contribution in [0, 0.1) is 5.92 Å². The maximum atomic E-state index is 12.5. The topological polar surface area (TPSA) is 60.9 Å². The lowest BCUT2D eigenvalue weighted by molar-refractivity contribution is -0.00357. The predicted octanol–water partition coefficient (Wildman–Crippen LogP) is -0.259. The number of piperidine rings is 1. The van der Waals surface area contributed by atoms with Crippen molar-refractivity contribution in [3.05, 3.63) is 0 Å². The molecule has 0 bridgehead atoms. The lowest BCUT2D eigenvalue weighted by Gasteiger charge is -2.35. The Kier molecular flexibility index (Phi) is 4.22. The summed E-state index contributed by atoms with van der Waals surface area (Å²) in [7, 11) is -1.07. The summed E-state index contributed by atoms with van der Waals surface area (Å²) in [6.07, 6.45) is -3.70. The van der Waals surface area contributed by atoms with Gasteiger partial charge in [0.05, 0.1) is 6.10 Å². The fraction of sp³-hybridized carbons (Fsp3) is 1.00. The van der Waals surface area contributed by atoms with Gasteiger partial charge in [-0.3, -0.25) is 0 Å². The Morgan fingerprint density at radius 1 is 1.38 bits per heavy atom. The van der Waals surface area contributed by atoms with E-state index in [9.17, 15) is 22.3 Å². The molecule has 0 aromatic carbocycles. The number of nitrogens with zero attached hydrogens (tertiary/aromatic N) is 2. The monoisotopic (exact) mass is 258 g/mol. The Morgan fingerprint density at radius 2 is 1.94 bits per heavy atom. The number of aliphatic hydroxyl groups excluding tert-OH is 1. The average Bonchev–Trinajstić information content (AvgIpc) is 2.16. The minimum Gasteiger partial charge on any atom is -0.392 e. The van der Waals surface area contributed by atoms with Crippen LogP contribution in [0.5, 0.6) is 0 Å². The van der Waals surface area contributed by atoms with Gasteiger partial charge in [0.15, 0.2) is 0 Å². The molecule has 0 saturated carbocycles. The first-order chi connectivity index (χ1) is 7.25. The van der Waals surface area contributed by atoms with Gasteiger partial charge in [0.25, 0.3) is 10.2 Å². The SMILES string of the molecule is CN(C)S(=O)(=O)N1CC(O)C[C@@H](C(F)F)C1. The van der Waals surface area contributed by atoms with Gasteiger partial charge in [-0.1, -0.05) is 0 Å². The van der Waals surface area contributed by atoms with Crippen molar-refractivity contribution in [2.24, 2.45) is 5.92 Å². The molecular weight excluding hydrogens is 242 g/mol. The van der Waals surface area contributed by atoms with E-state index in [-0.39, 0.29) is 19.5 Å². The van der Waals surface area contributed by atoms with Crippen LogP contribution in [0.15, 0.2) is 0 Å². The number of halogens is 2. The second kappa shape index (κ2) is 4.91. The number of hydrogen-bond donors (Lipinski definition) is 1. The van der Waals surface area contributed by atoms with Gasteiger partial charge in [-0.2, -0.15) is 17.0 Å². The van der Waals surface area contributed by atoms with Gasteiger partial charge in [0, 0.05) is 33.1 Å². The molecule has 1 rings (SSSR count). The third-order valence-corrected chi connectivity index (χ3v) is 4.45. The van der Waals surface area contributed by atoms with Gasteiger partial charge < -0.3 is 5.11 Å². The van der Waals surface area contributed by atoms with Crippen molar-refractivity contribution in [1.82, 2.24) is 8.61 Å². The van der Waals surface area contributed by atoms with E-state index in [1.807, 2.05) is 0 Å². The molecule has 5 nitrogen and oxygen atoms in total. The summed E-state index contributed by atoms with van der Waals surface area (Å²) in [6, 6.07) is 0. The van der Waals surface area contributed by atoms with Crippen molar-refractivity contribution in [2.75, 3.05) is 27.2 Å². The van der Waals surface area contributed by atoms with Gasteiger partial charge in [0.2, 0.25) is 6.43 Å². The van der Waals surface area contributed by atoms with Crippen LogP contribution in [0.2, 0.25) is 0 Å². The lowest BCUT2D eigenvalue weighted by Crippen LogP contribution is -2.51. The molecule has 1 aliphatic heterocycles. The predicted molar refractivity (Wildman–Crippen MR) is 54.3 cm³/mol. The maximum Gasteiger partial charge on any atom is 0.281 e. The third kappa shape index (κ3) is 2.88. The standard InChI is InChI=1S/C8H16F2N2O3S/c1-11(2)16(14,15)12-4-6(8(9)10)3-7(13)5-12/h6-8,13H,3-5H2,1-2H3/t6-,7?/m1/s1. The summed E-state index contributed by atoms with van der Waals surface area (Å²) in [5.74, 6) is -1.10. The highest BCUT2D eigenvalue weighted by atomic mass is 32.2. The van der Waals surface area contributed by atoms with Crippen molar-refractivity contribution in [3.63, 3.8) is 0 Å². The van der Waals surface area contributed by atoms with E-state index in [2.05, 4.69) is 0 Å². The molecule has 8 heteroatoms. The minimum atomic E-state index is -3.73. The van der Waals surface area contributed by atoms with Crippen LogP contribution in [-0.2, 0) is 10.2 Å². The van der Waals surface area contributed by atoms with E-state index in [0.29, 0.717) is 0 Å². The molecule has 0 aromatic rings. The van der Waals surface area contributed by atoms with E-state index in [1.54, 1.807) is 0 Å². The summed E-state index contributed by atoms with van der Waals surface area (Å²) in [5.41, 5.74) is 0. The van der Waals surface area contributed by atoms with Gasteiger partial charge in [-0.25, -0.2) is 8.78 Å². The van der Waals surface area contributed by atoms with Crippen molar-refractivity contribution in [2.45, 2.75) is 19.0 Å². The van der Waals surface area contributed by atoms with E-state index in [1.165, 1.54) is 14.1 Å². The molecule has 1 saturated heterocycles. The molecule has 1 aliphatic rings. The van der Waals surface area contributed by atoms with Crippen molar-refractivity contribution in [3.8, 4) is 0 Å². The zero-order chi connectivity index (χ0) is 12.5. The van der Waals surface area contributed by atoms with Crippen LogP contribution >= 0.6 is 0 Å². The largest absolute Gasteiger partial charge is 0.392 e. The summed E-state index contributed by atoms with van der Waals surface area (Å²) >= 11 is 0. The molecule has 0 aromatic heterocycles. The Labute approximate surface area is 93.8 Å². The molecule has 0 radical (unpaired) electrons. The molecule has 96 valence electrons. The van der Waals surface area contributed by atoms with Crippen LogP contribution in [-0.4, -0.2) is 61.8 Å². The third-order valence-electron chi connectivity index (χ3n) is 2.57. The Hall–Kier alpha value is -0.310.